The molecule has 0 spiro atoms. The fraction of sp³-hybridized carbons (Fsp3) is 0.0952. The van der Waals surface area contributed by atoms with Crippen LogP contribution in [0.15, 0.2) is 66.2 Å². The minimum absolute atomic E-state index is 0.264. The van der Waals surface area contributed by atoms with Crippen molar-refractivity contribution in [3.8, 4) is 17.1 Å². The highest BCUT2D eigenvalue weighted by atomic mass is 32.1. The van der Waals surface area contributed by atoms with Gasteiger partial charge in [-0.15, -0.1) is 11.3 Å². The normalized spacial score (nSPS) is 11.5. The summed E-state index contributed by atoms with van der Waals surface area (Å²) in [4.78, 5) is 9.56. The van der Waals surface area contributed by atoms with Gasteiger partial charge in [0.1, 0.15) is 11.6 Å². The number of phenols is 1. The van der Waals surface area contributed by atoms with E-state index in [-0.39, 0.29) is 5.75 Å². The van der Waals surface area contributed by atoms with E-state index in [2.05, 4.69) is 39.2 Å². The van der Waals surface area contributed by atoms with E-state index in [4.69, 9.17) is 4.98 Å². The Balaban J connectivity index is 1.69. The number of aromatic nitrogens is 3. The molecule has 0 radical (unpaired) electrons. The first-order valence-electron chi connectivity index (χ1n) is 8.58. The maximum absolute atomic E-state index is 9.97. The van der Waals surface area contributed by atoms with Crippen LogP contribution in [0.25, 0.3) is 33.3 Å². The lowest BCUT2D eigenvalue weighted by molar-refractivity contribution is 0.476. The number of rotatable bonds is 4. The van der Waals surface area contributed by atoms with Crippen LogP contribution in [0.2, 0.25) is 0 Å². The molecule has 3 aromatic heterocycles. The quantitative estimate of drug-likeness (QED) is 0.464. The summed E-state index contributed by atoms with van der Waals surface area (Å²) in [7, 11) is 0. The fourth-order valence-electron chi connectivity index (χ4n) is 3.48. The van der Waals surface area contributed by atoms with E-state index in [0.717, 1.165) is 46.3 Å². The lowest BCUT2D eigenvalue weighted by Gasteiger charge is -2.08. The van der Waals surface area contributed by atoms with E-state index in [0.29, 0.717) is 0 Å². The van der Waals surface area contributed by atoms with Crippen molar-refractivity contribution in [2.24, 2.45) is 0 Å². The predicted octanol–water partition coefficient (Wildman–Crippen LogP) is 5.19. The second-order valence-electron chi connectivity index (χ2n) is 6.34. The molecular formula is C21H17N3OS. The number of aryl methyl sites for hydroxylation is 2. The Kier molecular flexibility index (Phi) is 3.53. The van der Waals surface area contributed by atoms with Gasteiger partial charge in [0.2, 0.25) is 0 Å². The minimum Gasteiger partial charge on any atom is -0.508 e. The second kappa shape index (κ2) is 6.04. The molecule has 3 heterocycles. The first kappa shape index (κ1) is 15.2. The van der Waals surface area contributed by atoms with Gasteiger partial charge < -0.3 is 14.7 Å². The summed E-state index contributed by atoms with van der Waals surface area (Å²) in [5.41, 5.74) is 4.04. The maximum atomic E-state index is 9.97. The molecule has 2 aromatic carbocycles. The van der Waals surface area contributed by atoms with Gasteiger partial charge in [-0.05, 0) is 36.1 Å². The highest BCUT2D eigenvalue weighted by molar-refractivity contribution is 7.09. The van der Waals surface area contributed by atoms with E-state index in [1.54, 1.807) is 23.5 Å². The molecule has 2 N–H and O–H groups in total. The summed E-state index contributed by atoms with van der Waals surface area (Å²) in [6.07, 6.45) is 2.96. The molecule has 0 fully saturated rings. The van der Waals surface area contributed by atoms with Crippen molar-refractivity contribution in [3.63, 3.8) is 0 Å². The highest BCUT2D eigenvalue weighted by Crippen LogP contribution is 2.32. The lowest BCUT2D eigenvalue weighted by Crippen LogP contribution is -2.02. The number of phenolic OH excluding ortho intramolecular Hbond substituents is 1. The van der Waals surface area contributed by atoms with Crippen LogP contribution >= 0.6 is 11.3 Å². The van der Waals surface area contributed by atoms with Gasteiger partial charge in [0.05, 0.1) is 11.0 Å². The van der Waals surface area contributed by atoms with E-state index < -0.39 is 0 Å². The molecule has 128 valence electrons. The third-order valence-electron chi connectivity index (χ3n) is 4.72. The van der Waals surface area contributed by atoms with Gasteiger partial charge >= 0.3 is 0 Å². The number of thiophene rings is 1. The van der Waals surface area contributed by atoms with Gasteiger partial charge in [0.25, 0.3) is 0 Å². The zero-order chi connectivity index (χ0) is 17.5. The van der Waals surface area contributed by atoms with Crippen molar-refractivity contribution >= 4 is 33.3 Å². The van der Waals surface area contributed by atoms with Crippen LogP contribution < -0.4 is 0 Å². The summed E-state index contributed by atoms with van der Waals surface area (Å²) in [5, 5.41) is 13.2. The van der Waals surface area contributed by atoms with Crippen molar-refractivity contribution in [3.05, 3.63) is 71.1 Å². The van der Waals surface area contributed by atoms with Gasteiger partial charge in [-0.25, -0.2) is 4.98 Å². The largest absolute Gasteiger partial charge is 0.508 e. The molecular weight excluding hydrogens is 342 g/mol. The Hall–Kier alpha value is -3.05. The maximum Gasteiger partial charge on any atom is 0.143 e. The number of para-hydroxylation sites is 1. The van der Waals surface area contributed by atoms with Crippen molar-refractivity contribution in [1.29, 1.82) is 0 Å². The lowest BCUT2D eigenvalue weighted by atomic mass is 10.1. The summed E-state index contributed by atoms with van der Waals surface area (Å²) >= 11 is 1.77. The number of nitrogens with one attached hydrogen (secondary N) is 1. The molecule has 0 aliphatic heterocycles. The van der Waals surface area contributed by atoms with Crippen molar-refractivity contribution in [1.82, 2.24) is 14.5 Å². The number of imidazole rings is 1. The first-order valence-corrected chi connectivity index (χ1v) is 9.46. The van der Waals surface area contributed by atoms with Gasteiger partial charge in [-0.2, -0.15) is 0 Å². The number of hydrogen-bond donors (Lipinski definition) is 2. The number of H-pyrrole nitrogens is 1. The molecule has 5 aromatic rings. The molecule has 0 saturated heterocycles. The number of aromatic hydroxyl groups is 1. The molecule has 0 bridgehead atoms. The monoisotopic (exact) mass is 359 g/mol. The van der Waals surface area contributed by atoms with Crippen LogP contribution in [0.3, 0.4) is 0 Å². The molecule has 0 aliphatic rings. The molecule has 5 rings (SSSR count). The van der Waals surface area contributed by atoms with Gasteiger partial charge in [0, 0.05) is 40.2 Å². The zero-order valence-corrected chi connectivity index (χ0v) is 14.8. The topological polar surface area (TPSA) is 53.8 Å². The zero-order valence-electron chi connectivity index (χ0n) is 14.0. The summed E-state index contributed by atoms with van der Waals surface area (Å²) in [6, 6.07) is 17.9. The summed E-state index contributed by atoms with van der Waals surface area (Å²) in [5.74, 6) is 1.19. The van der Waals surface area contributed by atoms with Crippen LogP contribution in [0, 0.1) is 0 Å². The Morgan fingerprint density at radius 1 is 1.08 bits per heavy atom. The third kappa shape index (κ3) is 2.48. The number of nitrogens with zero attached hydrogens (tertiary/aromatic N) is 2. The molecule has 0 saturated carbocycles. The summed E-state index contributed by atoms with van der Waals surface area (Å²) in [6.45, 7) is 0.815. The number of benzene rings is 2. The molecule has 5 heteroatoms. The minimum atomic E-state index is 0.264. The first-order chi connectivity index (χ1) is 12.8. The summed E-state index contributed by atoms with van der Waals surface area (Å²) < 4.78 is 2.21. The van der Waals surface area contributed by atoms with Crippen molar-refractivity contribution in [2.45, 2.75) is 13.0 Å². The number of aromatic amines is 1. The Morgan fingerprint density at radius 3 is 2.88 bits per heavy atom. The molecule has 26 heavy (non-hydrogen) atoms. The van der Waals surface area contributed by atoms with Crippen LogP contribution in [0.4, 0.5) is 0 Å². The van der Waals surface area contributed by atoms with Gasteiger partial charge in [-0.3, -0.25) is 0 Å². The molecule has 0 unspecified atom stereocenters. The Bertz CT molecular complexity index is 1200. The van der Waals surface area contributed by atoms with E-state index in [9.17, 15) is 5.11 Å². The van der Waals surface area contributed by atoms with E-state index in [1.165, 1.54) is 4.88 Å². The van der Waals surface area contributed by atoms with E-state index in [1.807, 2.05) is 24.4 Å². The molecule has 4 nitrogen and oxygen atoms in total. The standard InChI is InChI=1S/C21H17N3OS/c25-14-7-8-19-20(12-14)24(10-9-15-4-3-11-26-15)21(23-19)17-13-22-18-6-2-1-5-16(17)18/h1-8,11-13,22,25H,9-10H2. The highest BCUT2D eigenvalue weighted by Gasteiger charge is 2.16. The van der Waals surface area contributed by atoms with E-state index >= 15 is 0 Å². The SMILES string of the molecule is Oc1ccc2nc(-c3c[nH]c4ccccc34)n(CCc3cccs3)c2c1. The van der Waals surface area contributed by atoms with Crippen LogP contribution in [0.5, 0.6) is 5.75 Å². The predicted molar refractivity (Wildman–Crippen MR) is 107 cm³/mol. The molecule has 0 amide bonds. The smallest absolute Gasteiger partial charge is 0.143 e. The van der Waals surface area contributed by atoms with Crippen LogP contribution in [-0.4, -0.2) is 19.6 Å². The second-order valence-corrected chi connectivity index (χ2v) is 7.37. The van der Waals surface area contributed by atoms with Gasteiger partial charge in [-0.1, -0.05) is 24.3 Å². The van der Waals surface area contributed by atoms with Crippen molar-refractivity contribution < 1.29 is 5.11 Å². The number of hydrogen-bond acceptors (Lipinski definition) is 3. The molecule has 0 aliphatic carbocycles. The number of fused-ring (bicyclic) bond motifs is 2. The average Bonchev–Trinajstić information content (AvgIpc) is 3.38. The Labute approximate surface area is 154 Å². The molecule has 0 atom stereocenters. The Morgan fingerprint density at radius 2 is 2.00 bits per heavy atom. The average molecular weight is 359 g/mol. The third-order valence-corrected chi connectivity index (χ3v) is 5.66. The van der Waals surface area contributed by atoms with Crippen molar-refractivity contribution in [2.75, 3.05) is 0 Å². The van der Waals surface area contributed by atoms with Gasteiger partial charge in [0.15, 0.2) is 0 Å². The fourth-order valence-corrected chi connectivity index (χ4v) is 4.17. The van der Waals surface area contributed by atoms with Crippen LogP contribution in [0.1, 0.15) is 4.88 Å². The van der Waals surface area contributed by atoms with Crippen LogP contribution in [-0.2, 0) is 13.0 Å².